The molecule has 2 nitrogen and oxygen atoms in total. The third kappa shape index (κ3) is 4.87. The van der Waals surface area contributed by atoms with Gasteiger partial charge in [-0.25, -0.2) is 4.39 Å². The molecule has 0 radical (unpaired) electrons. The lowest BCUT2D eigenvalue weighted by molar-refractivity contribution is -0.112. The fourth-order valence-electron chi connectivity index (χ4n) is 3.08. The van der Waals surface area contributed by atoms with Crippen LogP contribution in [0.2, 0.25) is 0 Å². The second kappa shape index (κ2) is 9.07. The molecule has 0 aromatic heterocycles. The van der Waals surface area contributed by atoms with E-state index in [1.165, 1.54) is 6.07 Å². The Bertz CT molecular complexity index is 778. The van der Waals surface area contributed by atoms with Crippen molar-refractivity contribution in [2.24, 2.45) is 0 Å². The molecule has 0 aliphatic heterocycles. The molecule has 3 rings (SSSR count). The number of hydrogen-bond donors (Lipinski definition) is 0. The Morgan fingerprint density at radius 1 is 0.769 bits per heavy atom. The second-order valence-corrected chi connectivity index (χ2v) is 6.38. The molecule has 0 amide bonds. The van der Waals surface area contributed by atoms with Crippen molar-refractivity contribution < 1.29 is 9.18 Å². The minimum atomic E-state index is -0.396. The number of benzene rings is 3. The van der Waals surface area contributed by atoms with E-state index in [2.05, 4.69) is 4.90 Å². The molecule has 0 heterocycles. The zero-order valence-corrected chi connectivity index (χ0v) is 14.6. The summed E-state index contributed by atoms with van der Waals surface area (Å²) < 4.78 is 14.1. The number of halogens is 1. The first-order valence-corrected chi connectivity index (χ1v) is 8.77. The van der Waals surface area contributed by atoms with Gasteiger partial charge in [0.2, 0.25) is 0 Å². The number of hydrogen-bond acceptors (Lipinski definition) is 2. The van der Waals surface area contributed by atoms with Crippen LogP contribution in [0.1, 0.15) is 16.7 Å². The van der Waals surface area contributed by atoms with Gasteiger partial charge in [-0.05, 0) is 29.2 Å². The zero-order chi connectivity index (χ0) is 18.2. The Balaban J connectivity index is 1.84. The molecule has 1 atom stereocenters. The van der Waals surface area contributed by atoms with E-state index in [0.717, 1.165) is 17.4 Å². The van der Waals surface area contributed by atoms with E-state index < -0.39 is 6.04 Å². The molecular weight excluding hydrogens is 325 g/mol. The van der Waals surface area contributed by atoms with Crippen molar-refractivity contribution in [3.8, 4) is 0 Å². The smallest absolute Gasteiger partial charge is 0.137 e. The van der Waals surface area contributed by atoms with Crippen molar-refractivity contribution in [3.05, 3.63) is 107 Å². The van der Waals surface area contributed by atoms with Crippen LogP contribution in [-0.4, -0.2) is 17.2 Å². The number of aldehydes is 1. The quantitative estimate of drug-likeness (QED) is 0.553. The van der Waals surface area contributed by atoms with Gasteiger partial charge in [0, 0.05) is 13.1 Å². The van der Waals surface area contributed by atoms with Gasteiger partial charge < -0.3 is 4.79 Å². The summed E-state index contributed by atoms with van der Waals surface area (Å²) in [5.74, 6) is -0.265. The molecule has 3 heteroatoms. The molecule has 3 aromatic carbocycles. The highest BCUT2D eigenvalue weighted by molar-refractivity contribution is 5.58. The van der Waals surface area contributed by atoms with E-state index in [1.54, 1.807) is 18.2 Å². The van der Waals surface area contributed by atoms with Crippen molar-refractivity contribution in [2.45, 2.75) is 25.6 Å². The fraction of sp³-hybridized carbons (Fsp3) is 0.174. The van der Waals surface area contributed by atoms with E-state index in [0.29, 0.717) is 25.1 Å². The van der Waals surface area contributed by atoms with Gasteiger partial charge in [-0.15, -0.1) is 0 Å². The summed E-state index contributed by atoms with van der Waals surface area (Å²) >= 11 is 0. The maximum Gasteiger partial charge on any atom is 0.137 e. The molecule has 0 N–H and O–H groups in total. The molecule has 0 unspecified atom stereocenters. The molecule has 3 aromatic rings. The lowest BCUT2D eigenvalue weighted by Gasteiger charge is -2.28. The minimum Gasteiger partial charge on any atom is -0.302 e. The molecule has 0 aliphatic rings. The Morgan fingerprint density at radius 2 is 1.27 bits per heavy atom. The van der Waals surface area contributed by atoms with Crippen LogP contribution in [0.5, 0.6) is 0 Å². The summed E-state index contributed by atoms with van der Waals surface area (Å²) in [4.78, 5) is 14.0. The van der Waals surface area contributed by atoms with E-state index in [1.807, 2.05) is 60.7 Å². The topological polar surface area (TPSA) is 20.3 Å². The van der Waals surface area contributed by atoms with E-state index in [4.69, 9.17) is 0 Å². The molecular formula is C23H22FNO. The zero-order valence-electron chi connectivity index (χ0n) is 14.6. The summed E-state index contributed by atoms with van der Waals surface area (Å²) in [5, 5.41) is 0. The molecule has 0 saturated heterocycles. The van der Waals surface area contributed by atoms with Crippen molar-refractivity contribution >= 4 is 6.29 Å². The average molecular weight is 347 g/mol. The van der Waals surface area contributed by atoms with Crippen LogP contribution in [0.4, 0.5) is 4.39 Å². The van der Waals surface area contributed by atoms with Crippen molar-refractivity contribution in [2.75, 3.05) is 0 Å². The largest absolute Gasteiger partial charge is 0.302 e. The standard InChI is InChI=1S/C23H22FNO/c24-23-14-8-7-13-21(23)15-22(18-26)25(16-19-9-3-1-4-10-19)17-20-11-5-2-6-12-20/h1-14,18,22H,15-17H2/t22-/m0/s1. The molecule has 26 heavy (non-hydrogen) atoms. The number of carbonyl (C=O) groups excluding carboxylic acids is 1. The van der Waals surface area contributed by atoms with Gasteiger partial charge in [-0.3, -0.25) is 4.90 Å². The van der Waals surface area contributed by atoms with Gasteiger partial charge in [0.25, 0.3) is 0 Å². The van der Waals surface area contributed by atoms with Gasteiger partial charge >= 0.3 is 0 Å². The lowest BCUT2D eigenvalue weighted by atomic mass is 10.0. The van der Waals surface area contributed by atoms with Crippen LogP contribution < -0.4 is 0 Å². The predicted octanol–water partition coefficient (Wildman–Crippen LogP) is 4.64. The van der Waals surface area contributed by atoms with Crippen LogP contribution >= 0.6 is 0 Å². The van der Waals surface area contributed by atoms with Crippen LogP contribution in [-0.2, 0) is 24.3 Å². The summed E-state index contributed by atoms with van der Waals surface area (Å²) in [6.45, 7) is 1.27. The monoisotopic (exact) mass is 347 g/mol. The predicted molar refractivity (Wildman–Crippen MR) is 102 cm³/mol. The Hall–Kier alpha value is -2.78. The van der Waals surface area contributed by atoms with Gasteiger partial charge in [-0.2, -0.15) is 0 Å². The average Bonchev–Trinajstić information content (AvgIpc) is 2.68. The fourth-order valence-corrected chi connectivity index (χ4v) is 3.08. The highest BCUT2D eigenvalue weighted by atomic mass is 19.1. The summed E-state index contributed by atoms with van der Waals surface area (Å²) in [5.41, 5.74) is 2.82. The summed E-state index contributed by atoms with van der Waals surface area (Å²) in [7, 11) is 0. The number of rotatable bonds is 8. The van der Waals surface area contributed by atoms with Crippen LogP contribution in [0.15, 0.2) is 84.9 Å². The molecule has 0 aliphatic carbocycles. The highest BCUT2D eigenvalue weighted by Crippen LogP contribution is 2.17. The Morgan fingerprint density at radius 3 is 1.77 bits per heavy atom. The Labute approximate surface area is 153 Å². The first-order chi connectivity index (χ1) is 12.8. The van der Waals surface area contributed by atoms with Gasteiger partial charge in [0.15, 0.2) is 0 Å². The van der Waals surface area contributed by atoms with Crippen molar-refractivity contribution in [3.63, 3.8) is 0 Å². The van der Waals surface area contributed by atoms with Gasteiger partial charge in [-0.1, -0.05) is 78.9 Å². The first-order valence-electron chi connectivity index (χ1n) is 8.77. The van der Waals surface area contributed by atoms with Crippen molar-refractivity contribution in [1.82, 2.24) is 4.90 Å². The van der Waals surface area contributed by atoms with Crippen LogP contribution in [0, 0.1) is 5.82 Å². The van der Waals surface area contributed by atoms with Crippen molar-refractivity contribution in [1.29, 1.82) is 0 Å². The maximum absolute atomic E-state index is 14.1. The third-order valence-corrected chi connectivity index (χ3v) is 4.47. The molecule has 0 spiro atoms. The van der Waals surface area contributed by atoms with Gasteiger partial charge in [0.1, 0.15) is 12.1 Å². The summed E-state index contributed by atoms with van der Waals surface area (Å²) in [6, 6.07) is 26.3. The molecule has 0 fully saturated rings. The first kappa shape index (κ1) is 18.0. The molecule has 132 valence electrons. The normalized spacial score (nSPS) is 12.1. The van der Waals surface area contributed by atoms with E-state index >= 15 is 0 Å². The van der Waals surface area contributed by atoms with E-state index in [-0.39, 0.29) is 5.82 Å². The minimum absolute atomic E-state index is 0.265. The van der Waals surface area contributed by atoms with E-state index in [9.17, 15) is 9.18 Å². The lowest BCUT2D eigenvalue weighted by Crippen LogP contribution is -2.37. The molecule has 0 bridgehead atoms. The SMILES string of the molecule is O=C[C@H](Cc1ccccc1F)N(Cc1ccccc1)Cc1ccccc1. The maximum atomic E-state index is 14.1. The van der Waals surface area contributed by atoms with Crippen LogP contribution in [0.25, 0.3) is 0 Å². The summed E-state index contributed by atoms with van der Waals surface area (Å²) in [6.07, 6.45) is 1.29. The second-order valence-electron chi connectivity index (χ2n) is 6.38. The number of nitrogens with zero attached hydrogens (tertiary/aromatic N) is 1. The highest BCUT2D eigenvalue weighted by Gasteiger charge is 2.20. The number of carbonyl (C=O) groups is 1. The van der Waals surface area contributed by atoms with Gasteiger partial charge in [0.05, 0.1) is 6.04 Å². The molecule has 0 saturated carbocycles. The Kier molecular flexibility index (Phi) is 6.29. The third-order valence-electron chi connectivity index (χ3n) is 4.47. The van der Waals surface area contributed by atoms with Crippen LogP contribution in [0.3, 0.4) is 0 Å².